The number of rotatable bonds is 4. The lowest BCUT2D eigenvalue weighted by Crippen LogP contribution is -2.45. The fourth-order valence-electron chi connectivity index (χ4n) is 3.99. The van der Waals surface area contributed by atoms with E-state index >= 15 is 0 Å². The molecule has 2 aliphatic heterocycles. The predicted molar refractivity (Wildman–Crippen MR) is 105 cm³/mol. The van der Waals surface area contributed by atoms with Crippen molar-refractivity contribution in [1.82, 2.24) is 15.2 Å². The highest BCUT2D eigenvalue weighted by atomic mass is 16.5. The molecule has 142 valence electrons. The molecule has 2 amide bonds. The third-order valence-electron chi connectivity index (χ3n) is 5.55. The number of nitrogens with zero attached hydrogens (tertiary/aromatic N) is 3. The third kappa shape index (κ3) is 3.99. The molecule has 3 heterocycles. The molecule has 0 bridgehead atoms. The molecule has 1 aromatic carbocycles. The van der Waals surface area contributed by atoms with Crippen LogP contribution in [0.2, 0.25) is 0 Å². The number of hydrogen-bond donors (Lipinski definition) is 1. The second-order valence-electron chi connectivity index (χ2n) is 7.27. The highest BCUT2D eigenvalue weighted by Crippen LogP contribution is 2.28. The average molecular weight is 366 g/mol. The number of amides is 2. The van der Waals surface area contributed by atoms with Gasteiger partial charge in [-0.25, -0.2) is 9.78 Å². The summed E-state index contributed by atoms with van der Waals surface area (Å²) in [5.41, 5.74) is 1.27. The molecule has 2 saturated heterocycles. The molecule has 2 atom stereocenters. The maximum Gasteiger partial charge on any atom is 0.317 e. The van der Waals surface area contributed by atoms with E-state index in [0.717, 1.165) is 50.6 Å². The van der Waals surface area contributed by atoms with Crippen LogP contribution in [0.25, 0.3) is 0 Å². The van der Waals surface area contributed by atoms with Crippen LogP contribution in [-0.4, -0.2) is 55.2 Å². The van der Waals surface area contributed by atoms with Crippen molar-refractivity contribution in [2.75, 3.05) is 38.2 Å². The highest BCUT2D eigenvalue weighted by molar-refractivity contribution is 5.75. The molecule has 6 nitrogen and oxygen atoms in total. The Hall–Kier alpha value is -2.76. The van der Waals surface area contributed by atoms with Gasteiger partial charge in [0.25, 0.3) is 0 Å². The summed E-state index contributed by atoms with van der Waals surface area (Å²) in [7, 11) is 1.68. The van der Waals surface area contributed by atoms with Gasteiger partial charge >= 0.3 is 6.03 Å². The smallest absolute Gasteiger partial charge is 0.317 e. The number of hydrogen-bond acceptors (Lipinski definition) is 4. The van der Waals surface area contributed by atoms with Gasteiger partial charge in [-0.2, -0.15) is 0 Å². The SMILES string of the molecule is COc1ccc(C2CCN(C(=O)NC3CCN(c4ccccn4)C3)C2)cc1. The number of benzene rings is 1. The van der Waals surface area contributed by atoms with Crippen LogP contribution in [0, 0.1) is 0 Å². The number of likely N-dealkylation sites (tertiary alicyclic amines) is 1. The van der Waals surface area contributed by atoms with E-state index in [9.17, 15) is 4.79 Å². The minimum absolute atomic E-state index is 0.0545. The minimum atomic E-state index is 0.0545. The number of nitrogens with one attached hydrogen (secondary N) is 1. The number of urea groups is 1. The van der Waals surface area contributed by atoms with Crippen molar-refractivity contribution >= 4 is 11.8 Å². The van der Waals surface area contributed by atoms with Crippen LogP contribution < -0.4 is 15.0 Å². The summed E-state index contributed by atoms with van der Waals surface area (Å²) in [5.74, 6) is 2.25. The van der Waals surface area contributed by atoms with Gasteiger partial charge in [-0.1, -0.05) is 18.2 Å². The number of methoxy groups -OCH3 is 1. The largest absolute Gasteiger partial charge is 0.497 e. The zero-order valence-electron chi connectivity index (χ0n) is 15.7. The summed E-state index contributed by atoms with van der Waals surface area (Å²) >= 11 is 0. The van der Waals surface area contributed by atoms with Crippen molar-refractivity contribution in [3.8, 4) is 5.75 Å². The monoisotopic (exact) mass is 366 g/mol. The first-order valence-electron chi connectivity index (χ1n) is 9.58. The molecule has 0 spiro atoms. The van der Waals surface area contributed by atoms with Gasteiger partial charge < -0.3 is 19.9 Å². The summed E-state index contributed by atoms with van der Waals surface area (Å²) in [6.07, 6.45) is 3.77. The van der Waals surface area contributed by atoms with Crippen LogP contribution in [0.1, 0.15) is 24.3 Å². The van der Waals surface area contributed by atoms with Gasteiger partial charge in [0.1, 0.15) is 11.6 Å². The van der Waals surface area contributed by atoms with Crippen LogP contribution in [0.15, 0.2) is 48.7 Å². The van der Waals surface area contributed by atoms with E-state index < -0.39 is 0 Å². The van der Waals surface area contributed by atoms with Crippen LogP contribution in [-0.2, 0) is 0 Å². The third-order valence-corrected chi connectivity index (χ3v) is 5.55. The summed E-state index contributed by atoms with van der Waals surface area (Å²) in [6, 6.07) is 14.4. The molecule has 2 fully saturated rings. The number of carbonyl (C=O) groups is 1. The Bertz CT molecular complexity index is 766. The molecule has 2 aliphatic rings. The lowest BCUT2D eigenvalue weighted by Gasteiger charge is -2.21. The lowest BCUT2D eigenvalue weighted by molar-refractivity contribution is 0.205. The Balaban J connectivity index is 1.29. The molecule has 2 unspecified atom stereocenters. The van der Waals surface area contributed by atoms with E-state index in [1.54, 1.807) is 7.11 Å². The number of anilines is 1. The first-order chi connectivity index (χ1) is 13.2. The van der Waals surface area contributed by atoms with Crippen LogP contribution in [0.4, 0.5) is 10.6 Å². The maximum atomic E-state index is 12.7. The second kappa shape index (κ2) is 7.86. The van der Waals surface area contributed by atoms with Gasteiger partial charge in [-0.15, -0.1) is 0 Å². The minimum Gasteiger partial charge on any atom is -0.497 e. The van der Waals surface area contributed by atoms with Gasteiger partial charge in [0.15, 0.2) is 0 Å². The number of carbonyl (C=O) groups excluding carboxylic acids is 1. The van der Waals surface area contributed by atoms with E-state index in [0.29, 0.717) is 5.92 Å². The van der Waals surface area contributed by atoms with Crippen molar-refractivity contribution in [2.24, 2.45) is 0 Å². The van der Waals surface area contributed by atoms with Crippen LogP contribution in [0.3, 0.4) is 0 Å². The molecule has 4 rings (SSSR count). The average Bonchev–Trinajstić information content (AvgIpc) is 3.39. The van der Waals surface area contributed by atoms with E-state index in [4.69, 9.17) is 4.74 Å². The van der Waals surface area contributed by atoms with E-state index in [2.05, 4.69) is 27.3 Å². The molecule has 1 aromatic heterocycles. The first kappa shape index (κ1) is 17.6. The number of ether oxygens (including phenoxy) is 1. The fraction of sp³-hybridized carbons (Fsp3) is 0.429. The fourth-order valence-corrected chi connectivity index (χ4v) is 3.99. The van der Waals surface area contributed by atoms with E-state index in [1.807, 2.05) is 41.4 Å². The van der Waals surface area contributed by atoms with Gasteiger partial charge in [0, 0.05) is 44.3 Å². The van der Waals surface area contributed by atoms with Crippen molar-refractivity contribution < 1.29 is 9.53 Å². The normalized spacial score (nSPS) is 22.1. The van der Waals surface area contributed by atoms with Crippen molar-refractivity contribution in [2.45, 2.75) is 24.8 Å². The van der Waals surface area contributed by atoms with Crippen molar-refractivity contribution in [3.05, 3.63) is 54.2 Å². The Labute approximate surface area is 160 Å². The summed E-state index contributed by atoms with van der Waals surface area (Å²) in [4.78, 5) is 21.3. The Morgan fingerprint density at radius 1 is 1.11 bits per heavy atom. The lowest BCUT2D eigenvalue weighted by atomic mass is 9.98. The molecule has 27 heavy (non-hydrogen) atoms. The molecular weight excluding hydrogens is 340 g/mol. The van der Waals surface area contributed by atoms with Crippen LogP contribution >= 0.6 is 0 Å². The van der Waals surface area contributed by atoms with E-state index in [-0.39, 0.29) is 12.1 Å². The number of pyridine rings is 1. The van der Waals surface area contributed by atoms with E-state index in [1.165, 1.54) is 5.56 Å². The second-order valence-corrected chi connectivity index (χ2v) is 7.27. The molecule has 0 saturated carbocycles. The predicted octanol–water partition coefficient (Wildman–Crippen LogP) is 2.87. The van der Waals surface area contributed by atoms with Gasteiger partial charge in [-0.3, -0.25) is 0 Å². The standard InChI is InChI=1S/C21H26N4O2/c1-27-19-7-5-16(6-8-19)17-9-12-25(14-17)21(26)23-18-10-13-24(15-18)20-4-2-3-11-22-20/h2-8,11,17-18H,9-10,12-15H2,1H3,(H,23,26). The molecule has 6 heteroatoms. The van der Waals surface area contributed by atoms with Gasteiger partial charge in [0.2, 0.25) is 0 Å². The summed E-state index contributed by atoms with van der Waals surface area (Å²) in [6.45, 7) is 3.32. The molecular formula is C21H26N4O2. The molecule has 1 N–H and O–H groups in total. The van der Waals surface area contributed by atoms with Crippen molar-refractivity contribution in [1.29, 1.82) is 0 Å². The zero-order valence-corrected chi connectivity index (χ0v) is 15.7. The molecule has 0 radical (unpaired) electrons. The molecule has 2 aromatic rings. The first-order valence-corrected chi connectivity index (χ1v) is 9.58. The van der Waals surface area contributed by atoms with Gasteiger partial charge in [0.05, 0.1) is 7.11 Å². The number of aromatic nitrogens is 1. The Morgan fingerprint density at radius 2 is 1.96 bits per heavy atom. The quantitative estimate of drug-likeness (QED) is 0.904. The zero-order chi connectivity index (χ0) is 18.6. The van der Waals surface area contributed by atoms with Crippen LogP contribution in [0.5, 0.6) is 5.75 Å². The van der Waals surface area contributed by atoms with Gasteiger partial charge in [-0.05, 0) is 42.7 Å². The Kier molecular flexibility index (Phi) is 5.14. The van der Waals surface area contributed by atoms with Crippen molar-refractivity contribution in [3.63, 3.8) is 0 Å². The topological polar surface area (TPSA) is 57.7 Å². The summed E-state index contributed by atoms with van der Waals surface area (Å²) in [5, 5.41) is 3.21. The molecule has 0 aliphatic carbocycles. The maximum absolute atomic E-state index is 12.7. The summed E-state index contributed by atoms with van der Waals surface area (Å²) < 4.78 is 5.22. The Morgan fingerprint density at radius 3 is 2.70 bits per heavy atom. The highest BCUT2D eigenvalue weighted by Gasteiger charge is 2.30.